The lowest BCUT2D eigenvalue weighted by Crippen LogP contribution is -2.31. The second-order valence-corrected chi connectivity index (χ2v) is 4.64. The van der Waals surface area contributed by atoms with Crippen molar-refractivity contribution in [2.75, 3.05) is 0 Å². The van der Waals surface area contributed by atoms with Crippen LogP contribution < -0.4 is 10.5 Å². The minimum Gasteiger partial charge on any atom is -0.406 e. The van der Waals surface area contributed by atoms with E-state index in [1.165, 1.54) is 12.1 Å². The molecule has 1 unspecified atom stereocenters. The van der Waals surface area contributed by atoms with Crippen LogP contribution in [-0.4, -0.2) is 12.4 Å². The molecule has 0 aromatic heterocycles. The van der Waals surface area contributed by atoms with Gasteiger partial charge in [-0.15, -0.1) is 13.2 Å². The number of nitrogens with two attached hydrogens (primary N) is 1. The second-order valence-electron chi connectivity index (χ2n) is 4.64. The summed E-state index contributed by atoms with van der Waals surface area (Å²) in [5, 5.41) is 0. The highest BCUT2D eigenvalue weighted by atomic mass is 19.4. The molecule has 0 bridgehead atoms. The van der Waals surface area contributed by atoms with Gasteiger partial charge in [0.05, 0.1) is 0 Å². The third kappa shape index (κ3) is 5.51. The van der Waals surface area contributed by atoms with Crippen LogP contribution in [0.1, 0.15) is 32.3 Å². The van der Waals surface area contributed by atoms with Gasteiger partial charge in [0.2, 0.25) is 0 Å². The predicted octanol–water partition coefficient (Wildman–Crippen LogP) is 3.89. The van der Waals surface area contributed by atoms with Crippen molar-refractivity contribution < 1.29 is 17.9 Å². The molecule has 0 fully saturated rings. The number of rotatable bonds is 6. The van der Waals surface area contributed by atoms with Gasteiger partial charge in [0, 0.05) is 6.04 Å². The SMILES string of the molecule is CCC(CC)C(N)Cc1ccc(OC(F)(F)F)cc1. The maximum atomic E-state index is 12.0. The summed E-state index contributed by atoms with van der Waals surface area (Å²) in [7, 11) is 0. The van der Waals surface area contributed by atoms with Gasteiger partial charge in [-0.3, -0.25) is 0 Å². The molecular weight excluding hydrogens is 255 g/mol. The number of benzene rings is 1. The predicted molar refractivity (Wildman–Crippen MR) is 68.9 cm³/mol. The van der Waals surface area contributed by atoms with Crippen LogP contribution in [0.25, 0.3) is 0 Å². The van der Waals surface area contributed by atoms with Gasteiger partial charge in [0.15, 0.2) is 0 Å². The van der Waals surface area contributed by atoms with Gasteiger partial charge >= 0.3 is 6.36 Å². The fourth-order valence-electron chi connectivity index (χ4n) is 2.16. The summed E-state index contributed by atoms with van der Waals surface area (Å²) in [6.45, 7) is 4.18. The molecule has 0 heterocycles. The van der Waals surface area contributed by atoms with Crippen LogP contribution in [0.3, 0.4) is 0 Å². The topological polar surface area (TPSA) is 35.2 Å². The van der Waals surface area contributed by atoms with Crippen molar-refractivity contribution in [3.8, 4) is 5.75 Å². The van der Waals surface area contributed by atoms with Crippen molar-refractivity contribution in [1.29, 1.82) is 0 Å². The molecule has 0 saturated heterocycles. The van der Waals surface area contributed by atoms with Gasteiger partial charge in [0.25, 0.3) is 0 Å². The van der Waals surface area contributed by atoms with Gasteiger partial charge < -0.3 is 10.5 Å². The largest absolute Gasteiger partial charge is 0.573 e. The van der Waals surface area contributed by atoms with E-state index in [2.05, 4.69) is 18.6 Å². The molecule has 0 saturated carbocycles. The summed E-state index contributed by atoms with van der Waals surface area (Å²) in [4.78, 5) is 0. The first-order valence-corrected chi connectivity index (χ1v) is 6.46. The normalized spacial score (nSPS) is 13.6. The molecule has 0 amide bonds. The molecule has 1 aromatic rings. The Bertz CT molecular complexity index is 371. The lowest BCUT2D eigenvalue weighted by Gasteiger charge is -2.21. The van der Waals surface area contributed by atoms with E-state index >= 15 is 0 Å². The fourth-order valence-corrected chi connectivity index (χ4v) is 2.16. The molecule has 1 rings (SSSR count). The van der Waals surface area contributed by atoms with Gasteiger partial charge in [-0.2, -0.15) is 0 Å². The zero-order chi connectivity index (χ0) is 14.5. The minimum absolute atomic E-state index is 0.0318. The second kappa shape index (κ2) is 6.80. The Labute approximate surface area is 111 Å². The van der Waals surface area contributed by atoms with E-state index < -0.39 is 6.36 Å². The van der Waals surface area contributed by atoms with Crippen LogP contribution in [0.5, 0.6) is 5.75 Å². The molecule has 2 nitrogen and oxygen atoms in total. The quantitative estimate of drug-likeness (QED) is 0.854. The Balaban J connectivity index is 2.62. The zero-order valence-corrected chi connectivity index (χ0v) is 11.2. The van der Waals surface area contributed by atoms with Crippen molar-refractivity contribution in [2.45, 2.75) is 45.5 Å². The van der Waals surface area contributed by atoms with Gasteiger partial charge in [-0.1, -0.05) is 38.8 Å². The monoisotopic (exact) mass is 275 g/mol. The maximum absolute atomic E-state index is 12.0. The van der Waals surface area contributed by atoms with Crippen molar-refractivity contribution in [1.82, 2.24) is 0 Å². The standard InChI is InChI=1S/C14H20F3NO/c1-3-11(4-2)13(18)9-10-5-7-12(8-6-10)19-14(15,16)17/h5-8,11,13H,3-4,9,18H2,1-2H3. The Morgan fingerprint density at radius 1 is 1.11 bits per heavy atom. The van der Waals surface area contributed by atoms with Gasteiger partial charge in [-0.05, 0) is 30.0 Å². The molecule has 108 valence electrons. The number of halogens is 3. The molecule has 0 aliphatic heterocycles. The van der Waals surface area contributed by atoms with Crippen LogP contribution in [0, 0.1) is 5.92 Å². The molecule has 1 atom stereocenters. The van der Waals surface area contributed by atoms with E-state index in [0.717, 1.165) is 18.4 Å². The van der Waals surface area contributed by atoms with Crippen LogP contribution in [-0.2, 0) is 6.42 Å². The lowest BCUT2D eigenvalue weighted by atomic mass is 9.90. The van der Waals surface area contributed by atoms with Crippen molar-refractivity contribution in [3.05, 3.63) is 29.8 Å². The molecule has 2 N–H and O–H groups in total. The molecule has 0 spiro atoms. The summed E-state index contributed by atoms with van der Waals surface area (Å²) < 4.78 is 39.8. The molecule has 1 aromatic carbocycles. The molecular formula is C14H20F3NO. The smallest absolute Gasteiger partial charge is 0.406 e. The molecule has 0 aliphatic carbocycles. The highest BCUT2D eigenvalue weighted by Gasteiger charge is 2.30. The summed E-state index contributed by atoms with van der Waals surface area (Å²) in [6, 6.07) is 5.93. The third-order valence-electron chi connectivity index (χ3n) is 3.28. The molecule has 5 heteroatoms. The first-order chi connectivity index (χ1) is 8.85. The van der Waals surface area contributed by atoms with Crippen molar-refractivity contribution >= 4 is 0 Å². The summed E-state index contributed by atoms with van der Waals surface area (Å²) in [6.07, 6.45) is -1.97. The number of alkyl halides is 3. The Morgan fingerprint density at radius 2 is 1.63 bits per heavy atom. The van der Waals surface area contributed by atoms with Gasteiger partial charge in [0.1, 0.15) is 5.75 Å². The van der Waals surface area contributed by atoms with Crippen LogP contribution in [0.15, 0.2) is 24.3 Å². The lowest BCUT2D eigenvalue weighted by molar-refractivity contribution is -0.274. The molecule has 0 radical (unpaired) electrons. The maximum Gasteiger partial charge on any atom is 0.573 e. The van der Waals surface area contributed by atoms with Crippen LogP contribution in [0.2, 0.25) is 0 Å². The van der Waals surface area contributed by atoms with Crippen LogP contribution >= 0.6 is 0 Å². The van der Waals surface area contributed by atoms with E-state index in [1.807, 2.05) is 0 Å². The Hall–Kier alpha value is -1.23. The Morgan fingerprint density at radius 3 is 2.05 bits per heavy atom. The Kier molecular flexibility index (Phi) is 5.66. The van der Waals surface area contributed by atoms with E-state index in [1.54, 1.807) is 12.1 Å². The average molecular weight is 275 g/mol. The first-order valence-electron chi connectivity index (χ1n) is 6.46. The van der Waals surface area contributed by atoms with E-state index in [4.69, 9.17) is 5.73 Å². The number of ether oxygens (including phenoxy) is 1. The first kappa shape index (κ1) is 15.8. The van der Waals surface area contributed by atoms with Crippen molar-refractivity contribution in [2.24, 2.45) is 11.7 Å². The zero-order valence-electron chi connectivity index (χ0n) is 11.2. The highest BCUT2D eigenvalue weighted by molar-refractivity contribution is 5.28. The highest BCUT2D eigenvalue weighted by Crippen LogP contribution is 2.23. The summed E-state index contributed by atoms with van der Waals surface area (Å²) in [5.41, 5.74) is 7.02. The molecule has 19 heavy (non-hydrogen) atoms. The summed E-state index contributed by atoms with van der Waals surface area (Å²) in [5.74, 6) is 0.235. The van der Waals surface area contributed by atoms with Gasteiger partial charge in [-0.25, -0.2) is 0 Å². The van der Waals surface area contributed by atoms with Crippen molar-refractivity contribution in [3.63, 3.8) is 0 Å². The number of hydrogen-bond donors (Lipinski definition) is 1. The minimum atomic E-state index is -4.65. The molecule has 0 aliphatic rings. The van der Waals surface area contributed by atoms with Crippen LogP contribution in [0.4, 0.5) is 13.2 Å². The fraction of sp³-hybridized carbons (Fsp3) is 0.571. The summed E-state index contributed by atoms with van der Waals surface area (Å²) >= 11 is 0. The number of hydrogen-bond acceptors (Lipinski definition) is 2. The van der Waals surface area contributed by atoms with E-state index in [-0.39, 0.29) is 11.8 Å². The average Bonchev–Trinajstić information content (AvgIpc) is 2.31. The van der Waals surface area contributed by atoms with E-state index in [9.17, 15) is 13.2 Å². The third-order valence-corrected chi connectivity index (χ3v) is 3.28. The van der Waals surface area contributed by atoms with E-state index in [0.29, 0.717) is 12.3 Å².